The summed E-state index contributed by atoms with van der Waals surface area (Å²) in [5.41, 5.74) is 0. The van der Waals surface area contributed by atoms with Crippen molar-refractivity contribution < 1.29 is 9.13 Å². The van der Waals surface area contributed by atoms with Crippen LogP contribution in [0.3, 0.4) is 0 Å². The van der Waals surface area contributed by atoms with Gasteiger partial charge in [0, 0.05) is 18.9 Å². The standard InChI is InChI=1S/C12H12ClFN2O/c13-11-8-10(14)2-3-12(11)17-7-1-5-16-6-4-15-9-16/h2-4,6,8-9H,1,5,7H2. The Bertz CT molecular complexity index is 473. The summed E-state index contributed by atoms with van der Waals surface area (Å²) in [5.74, 6) is 0.152. The molecule has 17 heavy (non-hydrogen) atoms. The second-order valence-electron chi connectivity index (χ2n) is 3.58. The molecule has 0 radical (unpaired) electrons. The number of hydrogen-bond acceptors (Lipinski definition) is 2. The van der Waals surface area contributed by atoms with E-state index in [2.05, 4.69) is 4.98 Å². The number of hydrogen-bond donors (Lipinski definition) is 0. The molecular weight excluding hydrogens is 243 g/mol. The lowest BCUT2D eigenvalue weighted by Crippen LogP contribution is -2.03. The molecule has 2 aromatic rings. The minimum atomic E-state index is -0.360. The molecule has 3 nitrogen and oxygen atoms in total. The van der Waals surface area contributed by atoms with Crippen LogP contribution in [0.25, 0.3) is 0 Å². The van der Waals surface area contributed by atoms with Crippen molar-refractivity contribution in [2.75, 3.05) is 6.61 Å². The van der Waals surface area contributed by atoms with Crippen LogP contribution in [-0.2, 0) is 6.54 Å². The van der Waals surface area contributed by atoms with E-state index in [0.717, 1.165) is 13.0 Å². The Morgan fingerprint density at radius 2 is 2.29 bits per heavy atom. The van der Waals surface area contributed by atoms with Crippen molar-refractivity contribution >= 4 is 11.6 Å². The molecule has 1 aromatic carbocycles. The second-order valence-corrected chi connectivity index (χ2v) is 3.98. The topological polar surface area (TPSA) is 27.1 Å². The normalized spacial score (nSPS) is 10.5. The largest absolute Gasteiger partial charge is 0.492 e. The van der Waals surface area contributed by atoms with Gasteiger partial charge in [0.05, 0.1) is 18.0 Å². The van der Waals surface area contributed by atoms with Crippen molar-refractivity contribution in [1.29, 1.82) is 0 Å². The molecule has 0 aliphatic rings. The van der Waals surface area contributed by atoms with Crippen molar-refractivity contribution in [3.8, 4) is 5.75 Å². The number of nitrogens with zero attached hydrogens (tertiary/aromatic N) is 2. The summed E-state index contributed by atoms with van der Waals surface area (Å²) in [6.07, 6.45) is 6.22. The lowest BCUT2D eigenvalue weighted by Gasteiger charge is -2.08. The number of imidazole rings is 1. The molecule has 0 unspecified atom stereocenters. The molecule has 0 N–H and O–H groups in total. The van der Waals surface area contributed by atoms with E-state index in [1.165, 1.54) is 18.2 Å². The predicted octanol–water partition coefficient (Wildman–Crippen LogP) is 3.14. The summed E-state index contributed by atoms with van der Waals surface area (Å²) >= 11 is 5.83. The number of aromatic nitrogens is 2. The smallest absolute Gasteiger partial charge is 0.138 e. The second kappa shape index (κ2) is 5.68. The van der Waals surface area contributed by atoms with Gasteiger partial charge in [0.1, 0.15) is 11.6 Å². The SMILES string of the molecule is Fc1ccc(OCCCn2ccnc2)c(Cl)c1. The first-order valence-electron chi connectivity index (χ1n) is 5.29. The van der Waals surface area contributed by atoms with Gasteiger partial charge in [0.15, 0.2) is 0 Å². The summed E-state index contributed by atoms with van der Waals surface area (Å²) in [7, 11) is 0. The third-order valence-corrected chi connectivity index (χ3v) is 2.57. The first kappa shape index (κ1) is 11.9. The van der Waals surface area contributed by atoms with Crippen molar-refractivity contribution in [2.24, 2.45) is 0 Å². The zero-order valence-electron chi connectivity index (χ0n) is 9.14. The zero-order chi connectivity index (χ0) is 12.1. The van der Waals surface area contributed by atoms with Gasteiger partial charge < -0.3 is 9.30 Å². The van der Waals surface area contributed by atoms with Crippen LogP contribution >= 0.6 is 11.6 Å². The highest BCUT2D eigenvalue weighted by atomic mass is 35.5. The first-order valence-corrected chi connectivity index (χ1v) is 5.67. The fraction of sp³-hybridized carbons (Fsp3) is 0.250. The Kier molecular flexibility index (Phi) is 3.98. The average Bonchev–Trinajstić information content (AvgIpc) is 2.79. The van der Waals surface area contributed by atoms with E-state index in [1.807, 2.05) is 10.8 Å². The van der Waals surface area contributed by atoms with Crippen LogP contribution in [0, 0.1) is 5.82 Å². The van der Waals surface area contributed by atoms with Crippen molar-refractivity contribution in [3.05, 3.63) is 47.8 Å². The summed E-state index contributed by atoms with van der Waals surface area (Å²) in [4.78, 5) is 3.94. The van der Waals surface area contributed by atoms with E-state index in [-0.39, 0.29) is 5.82 Å². The van der Waals surface area contributed by atoms with Crippen LogP contribution in [0.5, 0.6) is 5.75 Å². The van der Waals surface area contributed by atoms with E-state index >= 15 is 0 Å². The summed E-state index contributed by atoms with van der Waals surface area (Å²) in [6, 6.07) is 4.11. The van der Waals surface area contributed by atoms with Gasteiger partial charge >= 0.3 is 0 Å². The van der Waals surface area contributed by atoms with Gasteiger partial charge in [-0.3, -0.25) is 0 Å². The highest BCUT2D eigenvalue weighted by molar-refractivity contribution is 6.32. The molecular formula is C12H12ClFN2O. The molecule has 90 valence electrons. The van der Waals surface area contributed by atoms with E-state index < -0.39 is 0 Å². The molecule has 0 spiro atoms. The van der Waals surface area contributed by atoms with Gasteiger partial charge in [-0.25, -0.2) is 9.37 Å². The molecule has 0 bridgehead atoms. The van der Waals surface area contributed by atoms with Crippen LogP contribution in [0.1, 0.15) is 6.42 Å². The van der Waals surface area contributed by atoms with Crippen LogP contribution in [0.4, 0.5) is 4.39 Å². The summed E-state index contributed by atoms with van der Waals surface area (Å²) in [5, 5.41) is 0.299. The van der Waals surface area contributed by atoms with Gasteiger partial charge in [-0.2, -0.15) is 0 Å². The van der Waals surface area contributed by atoms with Gasteiger partial charge in [-0.05, 0) is 24.6 Å². The average molecular weight is 255 g/mol. The number of halogens is 2. The van der Waals surface area contributed by atoms with Gasteiger partial charge in [0.2, 0.25) is 0 Å². The van der Waals surface area contributed by atoms with E-state index in [1.54, 1.807) is 12.5 Å². The number of aryl methyl sites for hydroxylation is 1. The zero-order valence-corrected chi connectivity index (χ0v) is 9.90. The summed E-state index contributed by atoms with van der Waals surface area (Å²) < 4.78 is 20.2. The maximum Gasteiger partial charge on any atom is 0.138 e. The Hall–Kier alpha value is -1.55. The van der Waals surface area contributed by atoms with E-state index in [0.29, 0.717) is 17.4 Å². The molecule has 0 saturated carbocycles. The molecule has 1 aromatic heterocycles. The van der Waals surface area contributed by atoms with Crippen molar-refractivity contribution in [2.45, 2.75) is 13.0 Å². The predicted molar refractivity (Wildman–Crippen MR) is 63.7 cm³/mol. The van der Waals surface area contributed by atoms with Crippen molar-refractivity contribution in [1.82, 2.24) is 9.55 Å². The maximum atomic E-state index is 12.8. The first-order chi connectivity index (χ1) is 8.25. The van der Waals surface area contributed by atoms with Crippen LogP contribution < -0.4 is 4.74 Å². The molecule has 0 fully saturated rings. The molecule has 0 amide bonds. The number of ether oxygens (including phenoxy) is 1. The van der Waals surface area contributed by atoms with Gasteiger partial charge in [-0.1, -0.05) is 11.6 Å². The lowest BCUT2D eigenvalue weighted by molar-refractivity contribution is 0.301. The van der Waals surface area contributed by atoms with E-state index in [9.17, 15) is 4.39 Å². The Morgan fingerprint density at radius 1 is 1.41 bits per heavy atom. The molecule has 1 heterocycles. The number of benzene rings is 1. The van der Waals surface area contributed by atoms with Crippen LogP contribution in [0.2, 0.25) is 5.02 Å². The molecule has 0 aliphatic carbocycles. The Labute approximate surface area is 104 Å². The van der Waals surface area contributed by atoms with E-state index in [4.69, 9.17) is 16.3 Å². The lowest BCUT2D eigenvalue weighted by atomic mass is 10.3. The number of rotatable bonds is 5. The third kappa shape index (κ3) is 3.46. The monoisotopic (exact) mass is 254 g/mol. The molecule has 2 rings (SSSR count). The minimum Gasteiger partial charge on any atom is -0.492 e. The Morgan fingerprint density at radius 3 is 3.00 bits per heavy atom. The highest BCUT2D eigenvalue weighted by Gasteiger charge is 2.02. The highest BCUT2D eigenvalue weighted by Crippen LogP contribution is 2.24. The molecule has 0 saturated heterocycles. The van der Waals surface area contributed by atoms with Crippen LogP contribution in [0.15, 0.2) is 36.9 Å². The van der Waals surface area contributed by atoms with Crippen LogP contribution in [-0.4, -0.2) is 16.2 Å². The molecule has 0 atom stereocenters. The quantitative estimate of drug-likeness (QED) is 0.767. The Balaban J connectivity index is 1.78. The minimum absolute atomic E-state index is 0.299. The maximum absolute atomic E-state index is 12.8. The van der Waals surface area contributed by atoms with Crippen molar-refractivity contribution in [3.63, 3.8) is 0 Å². The third-order valence-electron chi connectivity index (χ3n) is 2.27. The fourth-order valence-electron chi connectivity index (χ4n) is 1.44. The summed E-state index contributed by atoms with van der Waals surface area (Å²) in [6.45, 7) is 1.36. The van der Waals surface area contributed by atoms with Gasteiger partial charge in [-0.15, -0.1) is 0 Å². The molecule has 0 aliphatic heterocycles. The van der Waals surface area contributed by atoms with Gasteiger partial charge in [0.25, 0.3) is 0 Å². The molecule has 5 heteroatoms. The fourth-order valence-corrected chi connectivity index (χ4v) is 1.66.